The average Bonchev–Trinajstić information content (AvgIpc) is 3.14. The molecular formula is C23H23F3N2O2. The summed E-state index contributed by atoms with van der Waals surface area (Å²) in [6.45, 7) is 5.15. The van der Waals surface area contributed by atoms with Crippen LogP contribution in [0, 0.1) is 0 Å². The summed E-state index contributed by atoms with van der Waals surface area (Å²) in [5, 5.41) is 3.31. The molecule has 1 atom stereocenters. The largest absolute Gasteiger partial charge is 0.490 e. The number of fused-ring (bicyclic) bond motifs is 3. The van der Waals surface area contributed by atoms with Crippen LogP contribution in [0.3, 0.4) is 0 Å². The molecule has 0 saturated heterocycles. The van der Waals surface area contributed by atoms with E-state index in [0.717, 1.165) is 23.0 Å². The molecule has 1 aliphatic heterocycles. The number of ether oxygens (including phenoxy) is 2. The van der Waals surface area contributed by atoms with Gasteiger partial charge in [-0.15, -0.1) is 0 Å². The van der Waals surface area contributed by atoms with Crippen LogP contribution in [0.25, 0.3) is 5.69 Å². The first-order valence-electron chi connectivity index (χ1n) is 9.93. The third kappa shape index (κ3) is 3.65. The molecule has 0 radical (unpaired) electrons. The van der Waals surface area contributed by atoms with Crippen molar-refractivity contribution in [3.63, 3.8) is 0 Å². The van der Waals surface area contributed by atoms with Crippen molar-refractivity contribution in [1.29, 1.82) is 0 Å². The number of rotatable bonds is 5. The molecule has 1 aromatic heterocycles. The first-order chi connectivity index (χ1) is 14.4. The van der Waals surface area contributed by atoms with Gasteiger partial charge >= 0.3 is 6.18 Å². The van der Waals surface area contributed by atoms with Crippen LogP contribution in [-0.4, -0.2) is 17.8 Å². The fraction of sp³-hybridized carbons (Fsp3) is 0.304. The lowest BCUT2D eigenvalue weighted by Crippen LogP contribution is -2.24. The van der Waals surface area contributed by atoms with Gasteiger partial charge in [-0.3, -0.25) is 0 Å². The molecule has 2 aromatic carbocycles. The van der Waals surface area contributed by atoms with Gasteiger partial charge in [0, 0.05) is 24.5 Å². The van der Waals surface area contributed by atoms with E-state index in [-0.39, 0.29) is 5.56 Å². The highest BCUT2D eigenvalue weighted by molar-refractivity contribution is 5.57. The van der Waals surface area contributed by atoms with Crippen molar-refractivity contribution in [2.75, 3.05) is 13.2 Å². The smallest absolute Gasteiger partial charge is 0.416 e. The lowest BCUT2D eigenvalue weighted by Gasteiger charge is -2.22. The van der Waals surface area contributed by atoms with Crippen molar-refractivity contribution in [1.82, 2.24) is 9.88 Å². The van der Waals surface area contributed by atoms with Crippen LogP contribution in [0.4, 0.5) is 13.2 Å². The van der Waals surface area contributed by atoms with Gasteiger partial charge < -0.3 is 19.4 Å². The summed E-state index contributed by atoms with van der Waals surface area (Å²) in [7, 11) is 0. The van der Waals surface area contributed by atoms with E-state index in [1.54, 1.807) is 6.07 Å². The molecule has 1 N–H and O–H groups in total. The zero-order valence-corrected chi connectivity index (χ0v) is 16.8. The minimum atomic E-state index is -4.43. The van der Waals surface area contributed by atoms with E-state index in [4.69, 9.17) is 9.47 Å². The topological polar surface area (TPSA) is 35.4 Å². The van der Waals surface area contributed by atoms with Gasteiger partial charge in [-0.25, -0.2) is 0 Å². The van der Waals surface area contributed by atoms with Crippen molar-refractivity contribution in [2.24, 2.45) is 0 Å². The quantitative estimate of drug-likeness (QED) is 0.598. The standard InChI is InChI=1S/C23H23F3N2O2/c1-3-29-20-12-15-14-27-22(16-8-5-6-9-17(16)23(24,25)26)18-10-7-11-28(18)19(15)13-21(20)30-4-2/h5-13,22,27H,3-4,14H2,1-2H3/t22-/m0/s1. The molecule has 0 spiro atoms. The molecule has 3 aromatic rings. The predicted molar refractivity (Wildman–Crippen MR) is 108 cm³/mol. The molecule has 7 heteroatoms. The molecule has 0 bridgehead atoms. The van der Waals surface area contributed by atoms with Gasteiger partial charge in [0.05, 0.1) is 30.5 Å². The molecule has 0 fully saturated rings. The van der Waals surface area contributed by atoms with Crippen LogP contribution in [0.5, 0.6) is 11.5 Å². The number of nitrogens with one attached hydrogen (secondary N) is 1. The lowest BCUT2D eigenvalue weighted by atomic mass is 9.97. The van der Waals surface area contributed by atoms with E-state index < -0.39 is 17.8 Å². The van der Waals surface area contributed by atoms with Crippen molar-refractivity contribution in [2.45, 2.75) is 32.6 Å². The Kier molecular flexibility index (Phi) is 5.47. The van der Waals surface area contributed by atoms with Gasteiger partial charge in [-0.2, -0.15) is 13.2 Å². The second kappa shape index (κ2) is 8.07. The van der Waals surface area contributed by atoms with E-state index in [2.05, 4.69) is 5.32 Å². The number of aromatic nitrogens is 1. The number of benzene rings is 2. The van der Waals surface area contributed by atoms with E-state index in [9.17, 15) is 13.2 Å². The first kappa shape index (κ1) is 20.3. The Balaban J connectivity index is 1.85. The van der Waals surface area contributed by atoms with Gasteiger partial charge in [0.25, 0.3) is 0 Å². The average molecular weight is 416 g/mol. The summed E-state index contributed by atoms with van der Waals surface area (Å²) in [6, 6.07) is 12.6. The van der Waals surface area contributed by atoms with E-state index in [0.29, 0.717) is 31.3 Å². The molecule has 2 heterocycles. The van der Waals surface area contributed by atoms with Crippen LogP contribution in [0.1, 0.15) is 42.3 Å². The molecule has 1 aliphatic rings. The Morgan fingerprint density at radius 2 is 1.70 bits per heavy atom. The van der Waals surface area contributed by atoms with Crippen molar-refractivity contribution < 1.29 is 22.6 Å². The summed E-state index contributed by atoms with van der Waals surface area (Å²) >= 11 is 0. The highest BCUT2D eigenvalue weighted by Gasteiger charge is 2.36. The number of nitrogens with zero attached hydrogens (tertiary/aromatic N) is 1. The number of alkyl halides is 3. The Labute approximate surface area is 173 Å². The maximum atomic E-state index is 13.7. The zero-order chi connectivity index (χ0) is 21.3. The molecular weight excluding hydrogens is 393 g/mol. The summed E-state index contributed by atoms with van der Waals surface area (Å²) in [5.41, 5.74) is 2.09. The minimum absolute atomic E-state index is 0.202. The Morgan fingerprint density at radius 3 is 2.40 bits per heavy atom. The van der Waals surface area contributed by atoms with Gasteiger partial charge in [-0.1, -0.05) is 18.2 Å². The van der Waals surface area contributed by atoms with Crippen molar-refractivity contribution in [3.05, 3.63) is 77.1 Å². The molecule has 0 aliphatic carbocycles. The second-order valence-corrected chi connectivity index (χ2v) is 7.00. The first-order valence-corrected chi connectivity index (χ1v) is 9.93. The molecule has 158 valence electrons. The van der Waals surface area contributed by atoms with E-state index in [1.165, 1.54) is 12.1 Å². The molecule has 0 unspecified atom stereocenters. The highest BCUT2D eigenvalue weighted by atomic mass is 19.4. The highest BCUT2D eigenvalue weighted by Crippen LogP contribution is 2.40. The summed E-state index contributed by atoms with van der Waals surface area (Å²) < 4.78 is 54.4. The van der Waals surface area contributed by atoms with E-state index >= 15 is 0 Å². The lowest BCUT2D eigenvalue weighted by molar-refractivity contribution is -0.138. The van der Waals surface area contributed by atoms with Crippen LogP contribution in [0.2, 0.25) is 0 Å². The van der Waals surface area contributed by atoms with Crippen LogP contribution < -0.4 is 14.8 Å². The number of hydrogen-bond acceptors (Lipinski definition) is 3. The Morgan fingerprint density at radius 1 is 1.00 bits per heavy atom. The van der Waals surface area contributed by atoms with Crippen LogP contribution in [0.15, 0.2) is 54.7 Å². The SMILES string of the molecule is CCOc1cc2c(cc1OCC)-n1cccc1[C@H](c1ccccc1C(F)(F)F)NC2. The summed E-state index contributed by atoms with van der Waals surface area (Å²) in [6.07, 6.45) is -2.57. The monoisotopic (exact) mass is 416 g/mol. The third-order valence-electron chi connectivity index (χ3n) is 5.15. The van der Waals surface area contributed by atoms with E-state index in [1.807, 2.05) is 48.9 Å². The molecule has 0 amide bonds. The third-order valence-corrected chi connectivity index (χ3v) is 5.15. The maximum absolute atomic E-state index is 13.7. The van der Waals surface area contributed by atoms with Gasteiger partial charge in [-0.05, 0) is 49.2 Å². The molecule has 0 saturated carbocycles. The van der Waals surface area contributed by atoms with Gasteiger partial charge in [0.1, 0.15) is 0 Å². The minimum Gasteiger partial charge on any atom is -0.490 e. The van der Waals surface area contributed by atoms with Gasteiger partial charge in [0.15, 0.2) is 11.5 Å². The Bertz CT molecular complexity index is 1040. The molecule has 4 rings (SSSR count). The fourth-order valence-corrected chi connectivity index (χ4v) is 3.94. The normalized spacial score (nSPS) is 15.8. The Hall–Kier alpha value is -2.93. The predicted octanol–water partition coefficient (Wildman–Crippen LogP) is 5.49. The van der Waals surface area contributed by atoms with Crippen LogP contribution >= 0.6 is 0 Å². The molecule has 30 heavy (non-hydrogen) atoms. The number of halogens is 3. The molecule has 4 nitrogen and oxygen atoms in total. The second-order valence-electron chi connectivity index (χ2n) is 7.00. The fourth-order valence-electron chi connectivity index (χ4n) is 3.94. The van der Waals surface area contributed by atoms with Crippen molar-refractivity contribution >= 4 is 0 Å². The maximum Gasteiger partial charge on any atom is 0.416 e. The zero-order valence-electron chi connectivity index (χ0n) is 16.8. The summed E-state index contributed by atoms with van der Waals surface area (Å²) in [4.78, 5) is 0. The van der Waals surface area contributed by atoms with Crippen molar-refractivity contribution in [3.8, 4) is 17.2 Å². The summed E-state index contributed by atoms with van der Waals surface area (Å²) in [5.74, 6) is 1.25. The number of hydrogen-bond donors (Lipinski definition) is 1. The van der Waals surface area contributed by atoms with Gasteiger partial charge in [0.2, 0.25) is 0 Å². The van der Waals surface area contributed by atoms with Crippen LogP contribution in [-0.2, 0) is 12.7 Å².